The van der Waals surface area contributed by atoms with Gasteiger partial charge in [0.05, 0.1) is 11.6 Å². The fraction of sp³-hybridized carbons (Fsp3) is 0.533. The van der Waals surface area contributed by atoms with Gasteiger partial charge in [0.25, 0.3) is 0 Å². The van der Waals surface area contributed by atoms with E-state index in [1.54, 1.807) is 11.0 Å². The van der Waals surface area contributed by atoms with E-state index in [4.69, 9.17) is 22.1 Å². The summed E-state index contributed by atoms with van der Waals surface area (Å²) in [6, 6.07) is 4.42. The molecule has 1 fully saturated rings. The van der Waals surface area contributed by atoms with Crippen molar-refractivity contribution in [2.75, 3.05) is 19.7 Å². The van der Waals surface area contributed by atoms with E-state index in [0.29, 0.717) is 19.7 Å². The molecule has 2 N–H and O–H groups in total. The molecular weight excluding hydrogens is 295 g/mol. The zero-order valence-electron chi connectivity index (χ0n) is 12.0. The summed E-state index contributed by atoms with van der Waals surface area (Å²) in [5.74, 6) is -0.569. The number of likely N-dealkylation sites (tertiary alicyclic amines) is 1. The molecule has 6 heteroatoms. The van der Waals surface area contributed by atoms with Crippen molar-refractivity contribution in [2.24, 2.45) is 5.73 Å². The summed E-state index contributed by atoms with van der Waals surface area (Å²) in [4.78, 5) is 13.5. The summed E-state index contributed by atoms with van der Waals surface area (Å²) in [5.41, 5.74) is 6.83. The molecule has 0 bridgehead atoms. The maximum absolute atomic E-state index is 13.5. The number of rotatable bonds is 4. The molecule has 0 radical (unpaired) electrons. The van der Waals surface area contributed by atoms with E-state index < -0.39 is 5.82 Å². The highest BCUT2D eigenvalue weighted by molar-refractivity contribution is 6.30. The van der Waals surface area contributed by atoms with Crippen molar-refractivity contribution in [3.63, 3.8) is 0 Å². The minimum Gasteiger partial charge on any atom is -0.449 e. The van der Waals surface area contributed by atoms with Crippen LogP contribution in [0.15, 0.2) is 18.2 Å². The molecule has 1 heterocycles. The van der Waals surface area contributed by atoms with Gasteiger partial charge >= 0.3 is 6.09 Å². The lowest BCUT2D eigenvalue weighted by Crippen LogP contribution is -2.32. The molecule has 2 atom stereocenters. The zero-order chi connectivity index (χ0) is 15.4. The number of unbranched alkanes of at least 4 members (excludes halogenated alkanes) is 1. The predicted octanol–water partition coefficient (Wildman–Crippen LogP) is 3.14. The normalized spacial score (nSPS) is 21.6. The molecule has 2 unspecified atom stereocenters. The highest BCUT2D eigenvalue weighted by Crippen LogP contribution is 2.29. The van der Waals surface area contributed by atoms with E-state index in [0.717, 1.165) is 18.4 Å². The van der Waals surface area contributed by atoms with E-state index in [-0.39, 0.29) is 23.1 Å². The van der Waals surface area contributed by atoms with Gasteiger partial charge in [-0.1, -0.05) is 31.0 Å². The molecule has 1 aliphatic heterocycles. The minimum atomic E-state index is -0.467. The van der Waals surface area contributed by atoms with Gasteiger partial charge in [-0.2, -0.15) is 0 Å². The lowest BCUT2D eigenvalue weighted by molar-refractivity contribution is 0.108. The van der Waals surface area contributed by atoms with Crippen molar-refractivity contribution in [1.29, 1.82) is 0 Å². The predicted molar refractivity (Wildman–Crippen MR) is 80.0 cm³/mol. The molecule has 2 rings (SSSR count). The quantitative estimate of drug-likeness (QED) is 0.869. The summed E-state index contributed by atoms with van der Waals surface area (Å²) in [6.45, 7) is 3.30. The molecule has 0 spiro atoms. The van der Waals surface area contributed by atoms with Crippen LogP contribution in [0, 0.1) is 5.82 Å². The van der Waals surface area contributed by atoms with Gasteiger partial charge in [0.1, 0.15) is 5.82 Å². The van der Waals surface area contributed by atoms with Crippen LogP contribution in [0.25, 0.3) is 0 Å². The van der Waals surface area contributed by atoms with Gasteiger partial charge in [-0.15, -0.1) is 0 Å². The van der Waals surface area contributed by atoms with Crippen molar-refractivity contribution in [1.82, 2.24) is 4.90 Å². The van der Waals surface area contributed by atoms with Crippen molar-refractivity contribution in [3.05, 3.63) is 34.6 Å². The number of halogens is 2. The summed E-state index contributed by atoms with van der Waals surface area (Å²) in [5, 5.41) is 0.0844. The third-order valence-corrected chi connectivity index (χ3v) is 4.03. The maximum Gasteiger partial charge on any atom is 0.409 e. The Morgan fingerprint density at radius 2 is 2.29 bits per heavy atom. The van der Waals surface area contributed by atoms with Crippen LogP contribution in [0.5, 0.6) is 0 Å². The zero-order valence-corrected chi connectivity index (χ0v) is 12.8. The Kier molecular flexibility index (Phi) is 5.42. The molecule has 116 valence electrons. The van der Waals surface area contributed by atoms with E-state index in [1.165, 1.54) is 12.1 Å². The number of hydrogen-bond acceptors (Lipinski definition) is 3. The number of nitrogens with two attached hydrogens (primary N) is 1. The first-order valence-electron chi connectivity index (χ1n) is 7.15. The average Bonchev–Trinajstić information content (AvgIpc) is 2.84. The van der Waals surface area contributed by atoms with Gasteiger partial charge in [0.2, 0.25) is 0 Å². The average molecular weight is 315 g/mol. The van der Waals surface area contributed by atoms with Crippen LogP contribution in [-0.2, 0) is 4.74 Å². The van der Waals surface area contributed by atoms with Gasteiger partial charge in [0, 0.05) is 25.0 Å². The van der Waals surface area contributed by atoms with Crippen LogP contribution in [0.4, 0.5) is 9.18 Å². The molecule has 1 amide bonds. The van der Waals surface area contributed by atoms with Gasteiger partial charge in [-0.05, 0) is 24.1 Å². The van der Waals surface area contributed by atoms with Crippen molar-refractivity contribution in [3.8, 4) is 0 Å². The number of ether oxygens (including phenoxy) is 1. The van der Waals surface area contributed by atoms with Crippen molar-refractivity contribution >= 4 is 17.7 Å². The molecule has 21 heavy (non-hydrogen) atoms. The van der Waals surface area contributed by atoms with Gasteiger partial charge in [-0.3, -0.25) is 0 Å². The summed E-state index contributed by atoms with van der Waals surface area (Å²) >= 11 is 5.68. The largest absolute Gasteiger partial charge is 0.449 e. The van der Waals surface area contributed by atoms with Crippen LogP contribution in [-0.4, -0.2) is 36.7 Å². The third-order valence-electron chi connectivity index (χ3n) is 3.72. The van der Waals surface area contributed by atoms with Crippen molar-refractivity contribution < 1.29 is 13.9 Å². The Balaban J connectivity index is 2.00. The maximum atomic E-state index is 13.5. The SMILES string of the molecule is CCCCOC(=O)N1CC(N)C(c2ccc(Cl)c(F)c2)C1. The Morgan fingerprint density at radius 3 is 2.95 bits per heavy atom. The molecule has 4 nitrogen and oxygen atoms in total. The summed E-state index contributed by atoms with van der Waals surface area (Å²) in [7, 11) is 0. The van der Waals surface area contributed by atoms with Crippen molar-refractivity contribution in [2.45, 2.75) is 31.7 Å². The van der Waals surface area contributed by atoms with E-state index in [2.05, 4.69) is 0 Å². The number of carbonyl (C=O) groups is 1. The van der Waals surface area contributed by atoms with Gasteiger partial charge < -0.3 is 15.4 Å². The molecule has 1 aromatic carbocycles. The second-order valence-electron chi connectivity index (χ2n) is 5.32. The van der Waals surface area contributed by atoms with Gasteiger partial charge in [-0.25, -0.2) is 9.18 Å². The third kappa shape index (κ3) is 3.86. The lowest BCUT2D eigenvalue weighted by Gasteiger charge is -2.16. The topological polar surface area (TPSA) is 55.6 Å². The van der Waals surface area contributed by atoms with Crippen LogP contribution in [0.3, 0.4) is 0 Å². The number of carbonyl (C=O) groups excluding carboxylic acids is 1. The first-order valence-corrected chi connectivity index (χ1v) is 7.53. The molecule has 1 aliphatic rings. The first-order chi connectivity index (χ1) is 10.0. The smallest absolute Gasteiger partial charge is 0.409 e. The molecular formula is C15H20ClFN2O2. The molecule has 0 aliphatic carbocycles. The van der Waals surface area contributed by atoms with Crippen LogP contribution >= 0.6 is 11.6 Å². The van der Waals surface area contributed by atoms with Gasteiger partial charge in [0.15, 0.2) is 0 Å². The highest BCUT2D eigenvalue weighted by atomic mass is 35.5. The Labute approximate surface area is 129 Å². The Morgan fingerprint density at radius 1 is 1.52 bits per heavy atom. The Hall–Kier alpha value is -1.33. The summed E-state index contributed by atoms with van der Waals surface area (Å²) < 4.78 is 18.7. The lowest BCUT2D eigenvalue weighted by atomic mass is 9.95. The standard InChI is InChI=1S/C15H20ClFN2O2/c1-2-3-6-21-15(20)19-8-11(14(18)9-19)10-4-5-12(16)13(17)7-10/h4-5,7,11,14H,2-3,6,8-9,18H2,1H3. The molecule has 0 saturated carbocycles. The first kappa shape index (κ1) is 16.0. The number of amides is 1. The number of benzene rings is 1. The summed E-state index contributed by atoms with van der Waals surface area (Å²) in [6.07, 6.45) is 1.47. The molecule has 0 aromatic heterocycles. The highest BCUT2D eigenvalue weighted by Gasteiger charge is 2.34. The second-order valence-corrected chi connectivity index (χ2v) is 5.72. The van der Waals surface area contributed by atoms with Crippen LogP contribution in [0.1, 0.15) is 31.2 Å². The monoisotopic (exact) mass is 314 g/mol. The molecule has 1 aromatic rings. The van der Waals surface area contributed by atoms with E-state index in [1.807, 2.05) is 6.92 Å². The van der Waals surface area contributed by atoms with E-state index >= 15 is 0 Å². The fourth-order valence-corrected chi connectivity index (χ4v) is 2.59. The number of hydrogen-bond donors (Lipinski definition) is 1. The second kappa shape index (κ2) is 7.09. The number of nitrogens with zero attached hydrogens (tertiary/aromatic N) is 1. The van der Waals surface area contributed by atoms with Crippen LogP contribution in [0.2, 0.25) is 5.02 Å². The fourth-order valence-electron chi connectivity index (χ4n) is 2.47. The molecule has 1 saturated heterocycles. The Bertz CT molecular complexity index is 512. The minimum absolute atomic E-state index is 0.0844. The van der Waals surface area contributed by atoms with Crippen LogP contribution < -0.4 is 5.73 Å². The van der Waals surface area contributed by atoms with E-state index in [9.17, 15) is 9.18 Å².